The highest BCUT2D eigenvalue weighted by atomic mass is 127. The van der Waals surface area contributed by atoms with E-state index in [0.29, 0.717) is 17.3 Å². The van der Waals surface area contributed by atoms with Gasteiger partial charge in [-0.15, -0.1) is 0 Å². The van der Waals surface area contributed by atoms with Crippen LogP contribution in [0, 0.1) is 0 Å². The minimum atomic E-state index is -3.61. The summed E-state index contributed by atoms with van der Waals surface area (Å²) >= 11 is 8.24. The molecule has 0 N–H and O–H groups in total. The van der Waals surface area contributed by atoms with E-state index in [4.69, 9.17) is 11.6 Å². The molecule has 0 amide bonds. The Labute approximate surface area is 136 Å². The van der Waals surface area contributed by atoms with E-state index in [2.05, 4.69) is 27.6 Å². The SMILES string of the molecule is O=S(=O)(c1ccccc1)N1c2nccc(Cl)c2CC1I. The van der Waals surface area contributed by atoms with Crippen molar-refractivity contribution in [1.29, 1.82) is 0 Å². The molecule has 7 heteroatoms. The molecular formula is C13H10ClIN2O2S. The van der Waals surface area contributed by atoms with Gasteiger partial charge in [-0.2, -0.15) is 0 Å². The van der Waals surface area contributed by atoms with Gasteiger partial charge >= 0.3 is 0 Å². The zero-order chi connectivity index (χ0) is 14.3. The molecule has 1 aliphatic rings. The molecule has 1 aromatic carbocycles. The van der Waals surface area contributed by atoms with Gasteiger partial charge in [0.2, 0.25) is 0 Å². The summed E-state index contributed by atoms with van der Waals surface area (Å²) in [5.41, 5.74) is 0.785. The van der Waals surface area contributed by atoms with Crippen LogP contribution in [0.2, 0.25) is 5.02 Å². The summed E-state index contributed by atoms with van der Waals surface area (Å²) in [6.45, 7) is 0. The third kappa shape index (κ3) is 2.19. The standard InChI is InChI=1S/C13H10ClIN2O2S/c14-11-6-7-16-13-10(11)8-12(15)17(13)20(18,19)9-4-2-1-3-5-9/h1-7,12H,8H2. The fourth-order valence-electron chi connectivity index (χ4n) is 2.19. The number of anilines is 1. The number of sulfonamides is 1. The molecule has 3 rings (SSSR count). The molecule has 0 fully saturated rings. The van der Waals surface area contributed by atoms with Crippen molar-refractivity contribution < 1.29 is 8.42 Å². The molecule has 0 bridgehead atoms. The van der Waals surface area contributed by atoms with E-state index in [1.165, 1.54) is 10.5 Å². The maximum Gasteiger partial charge on any atom is 0.266 e. The number of alkyl halides is 1. The van der Waals surface area contributed by atoms with Crippen LogP contribution in [-0.2, 0) is 16.4 Å². The van der Waals surface area contributed by atoms with Crippen molar-refractivity contribution in [2.24, 2.45) is 0 Å². The Hall–Kier alpha value is -0.860. The number of nitrogens with zero attached hydrogens (tertiary/aromatic N) is 2. The van der Waals surface area contributed by atoms with Crippen LogP contribution in [0.3, 0.4) is 0 Å². The summed E-state index contributed by atoms with van der Waals surface area (Å²) in [6, 6.07) is 10.0. The maximum absolute atomic E-state index is 12.8. The highest BCUT2D eigenvalue weighted by Gasteiger charge is 2.39. The molecule has 1 aromatic heterocycles. The van der Waals surface area contributed by atoms with E-state index in [1.807, 2.05) is 0 Å². The smallest absolute Gasteiger partial charge is 0.238 e. The Kier molecular flexibility index (Phi) is 3.64. The molecule has 0 spiro atoms. The van der Waals surface area contributed by atoms with E-state index in [0.717, 1.165) is 5.56 Å². The van der Waals surface area contributed by atoms with Crippen molar-refractivity contribution >= 4 is 50.0 Å². The topological polar surface area (TPSA) is 50.3 Å². The van der Waals surface area contributed by atoms with Crippen LogP contribution >= 0.6 is 34.2 Å². The minimum absolute atomic E-state index is 0.222. The summed E-state index contributed by atoms with van der Waals surface area (Å²) in [7, 11) is -3.61. The van der Waals surface area contributed by atoms with Gasteiger partial charge in [-0.05, 0) is 18.2 Å². The molecule has 20 heavy (non-hydrogen) atoms. The van der Waals surface area contributed by atoms with Crippen molar-refractivity contribution in [2.75, 3.05) is 4.31 Å². The van der Waals surface area contributed by atoms with Crippen LogP contribution in [0.15, 0.2) is 47.5 Å². The first-order valence-electron chi connectivity index (χ1n) is 5.89. The van der Waals surface area contributed by atoms with Gasteiger partial charge in [0.1, 0.15) is 9.87 Å². The summed E-state index contributed by atoms with van der Waals surface area (Å²) in [4.78, 5) is 4.46. The second-order valence-electron chi connectivity index (χ2n) is 4.35. The van der Waals surface area contributed by atoms with Crippen molar-refractivity contribution in [1.82, 2.24) is 4.98 Å². The van der Waals surface area contributed by atoms with Gasteiger partial charge in [0.05, 0.1) is 4.90 Å². The van der Waals surface area contributed by atoms with Crippen molar-refractivity contribution in [3.63, 3.8) is 0 Å². The van der Waals surface area contributed by atoms with Crippen LogP contribution < -0.4 is 4.31 Å². The zero-order valence-electron chi connectivity index (χ0n) is 10.2. The van der Waals surface area contributed by atoms with Gasteiger partial charge in [0.25, 0.3) is 10.0 Å². The molecule has 1 aliphatic heterocycles. The second-order valence-corrected chi connectivity index (χ2v) is 8.01. The molecule has 1 atom stereocenters. The van der Waals surface area contributed by atoms with E-state index in [1.54, 1.807) is 36.4 Å². The predicted octanol–water partition coefficient (Wildman–Crippen LogP) is 3.25. The number of fused-ring (bicyclic) bond motifs is 1. The lowest BCUT2D eigenvalue weighted by molar-refractivity contribution is 0.591. The number of halogens is 2. The van der Waals surface area contributed by atoms with Gasteiger partial charge in [-0.1, -0.05) is 52.4 Å². The van der Waals surface area contributed by atoms with Crippen LogP contribution in [0.25, 0.3) is 0 Å². The van der Waals surface area contributed by atoms with E-state index in [-0.39, 0.29) is 8.94 Å². The maximum atomic E-state index is 12.8. The molecule has 4 nitrogen and oxygen atoms in total. The van der Waals surface area contributed by atoms with Crippen molar-refractivity contribution in [3.8, 4) is 0 Å². The molecule has 104 valence electrons. The Morgan fingerprint density at radius 2 is 1.95 bits per heavy atom. The number of aromatic nitrogens is 1. The first-order valence-corrected chi connectivity index (χ1v) is 8.95. The van der Waals surface area contributed by atoms with Crippen molar-refractivity contribution in [2.45, 2.75) is 15.4 Å². The fraction of sp³-hybridized carbons (Fsp3) is 0.154. The summed E-state index contributed by atoms with van der Waals surface area (Å²) in [5.74, 6) is 0.431. The van der Waals surface area contributed by atoms with Gasteiger partial charge in [-0.3, -0.25) is 0 Å². The van der Waals surface area contributed by atoms with Crippen LogP contribution in [0.1, 0.15) is 5.56 Å². The van der Waals surface area contributed by atoms with Gasteiger partial charge in [0.15, 0.2) is 0 Å². The number of hydrogen-bond donors (Lipinski definition) is 0. The van der Waals surface area contributed by atoms with E-state index < -0.39 is 10.0 Å². The molecular weight excluding hydrogens is 411 g/mol. The Morgan fingerprint density at radius 1 is 1.25 bits per heavy atom. The monoisotopic (exact) mass is 420 g/mol. The van der Waals surface area contributed by atoms with Crippen LogP contribution in [-0.4, -0.2) is 17.5 Å². The number of rotatable bonds is 2. The molecule has 0 saturated heterocycles. The second kappa shape index (κ2) is 5.16. The van der Waals surface area contributed by atoms with Gasteiger partial charge < -0.3 is 0 Å². The molecule has 0 radical (unpaired) electrons. The third-order valence-corrected chi connectivity index (χ3v) is 6.65. The zero-order valence-corrected chi connectivity index (χ0v) is 13.9. The molecule has 2 heterocycles. The normalized spacial score (nSPS) is 18.1. The van der Waals surface area contributed by atoms with Gasteiger partial charge in [0, 0.05) is 23.2 Å². The first kappa shape index (κ1) is 14.1. The summed E-state index contributed by atoms with van der Waals surface area (Å²) in [5, 5.41) is 0.558. The average molecular weight is 421 g/mol. The highest BCUT2D eigenvalue weighted by Crippen LogP contribution is 2.40. The minimum Gasteiger partial charge on any atom is -0.238 e. The van der Waals surface area contributed by atoms with Crippen molar-refractivity contribution in [3.05, 3.63) is 53.2 Å². The number of benzene rings is 1. The Bertz CT molecular complexity index is 752. The Balaban J connectivity index is 2.15. The highest BCUT2D eigenvalue weighted by molar-refractivity contribution is 14.1. The molecule has 1 unspecified atom stereocenters. The average Bonchev–Trinajstić information content (AvgIpc) is 2.78. The molecule has 2 aromatic rings. The lowest BCUT2D eigenvalue weighted by Crippen LogP contribution is -2.34. The van der Waals surface area contributed by atoms with E-state index >= 15 is 0 Å². The van der Waals surface area contributed by atoms with E-state index in [9.17, 15) is 8.42 Å². The number of pyridine rings is 1. The quantitative estimate of drug-likeness (QED) is 0.426. The number of hydrogen-bond acceptors (Lipinski definition) is 3. The lowest BCUT2D eigenvalue weighted by Gasteiger charge is -2.22. The predicted molar refractivity (Wildman–Crippen MR) is 86.9 cm³/mol. The molecule has 0 aliphatic carbocycles. The molecule has 0 saturated carbocycles. The van der Waals surface area contributed by atoms with Crippen LogP contribution in [0.4, 0.5) is 5.82 Å². The first-order chi connectivity index (χ1) is 9.51. The summed E-state index contributed by atoms with van der Waals surface area (Å²) in [6.07, 6.45) is 2.10. The largest absolute Gasteiger partial charge is 0.266 e. The van der Waals surface area contributed by atoms with Crippen LogP contribution in [0.5, 0.6) is 0 Å². The fourth-order valence-corrected chi connectivity index (χ4v) is 5.50. The third-order valence-electron chi connectivity index (χ3n) is 3.11. The lowest BCUT2D eigenvalue weighted by atomic mass is 10.2. The van der Waals surface area contributed by atoms with Gasteiger partial charge in [-0.25, -0.2) is 17.7 Å². The Morgan fingerprint density at radius 3 is 2.65 bits per heavy atom. The summed E-state index contributed by atoms with van der Waals surface area (Å²) < 4.78 is 26.6.